The maximum absolute atomic E-state index is 10.9. The van der Waals surface area contributed by atoms with Gasteiger partial charge in [-0.25, -0.2) is 0 Å². The van der Waals surface area contributed by atoms with E-state index in [4.69, 9.17) is 4.74 Å². The Labute approximate surface area is 73.7 Å². The van der Waals surface area contributed by atoms with E-state index in [1.807, 2.05) is 0 Å². The second kappa shape index (κ2) is 4.58. The van der Waals surface area contributed by atoms with Gasteiger partial charge in [-0.2, -0.15) is 0 Å². The van der Waals surface area contributed by atoms with Crippen molar-refractivity contribution in [2.45, 2.75) is 25.8 Å². The lowest BCUT2D eigenvalue weighted by Crippen LogP contribution is -2.36. The molecule has 0 aromatic carbocycles. The van der Waals surface area contributed by atoms with Crippen molar-refractivity contribution in [3.8, 4) is 0 Å². The van der Waals surface area contributed by atoms with Crippen molar-refractivity contribution in [1.82, 2.24) is 4.90 Å². The van der Waals surface area contributed by atoms with E-state index in [-0.39, 0.29) is 5.78 Å². The van der Waals surface area contributed by atoms with Crippen LogP contribution in [0, 0.1) is 0 Å². The summed E-state index contributed by atoms with van der Waals surface area (Å²) >= 11 is 0. The van der Waals surface area contributed by atoms with E-state index in [2.05, 4.69) is 4.90 Å². The van der Waals surface area contributed by atoms with Crippen LogP contribution in [-0.2, 0) is 9.53 Å². The maximum atomic E-state index is 10.9. The highest BCUT2D eigenvalue weighted by Crippen LogP contribution is 2.16. The SMILES string of the molecule is COC[C@@H]1CCCN1CC(C)=O. The van der Waals surface area contributed by atoms with E-state index < -0.39 is 0 Å². The van der Waals surface area contributed by atoms with Gasteiger partial charge in [-0.1, -0.05) is 0 Å². The van der Waals surface area contributed by atoms with Crippen molar-refractivity contribution in [3.63, 3.8) is 0 Å². The molecule has 1 aliphatic rings. The Hall–Kier alpha value is -0.410. The second-order valence-electron chi connectivity index (χ2n) is 3.42. The lowest BCUT2D eigenvalue weighted by Gasteiger charge is -2.21. The van der Waals surface area contributed by atoms with Crippen molar-refractivity contribution in [3.05, 3.63) is 0 Å². The van der Waals surface area contributed by atoms with Crippen LogP contribution in [0.3, 0.4) is 0 Å². The predicted molar refractivity (Wildman–Crippen MR) is 47.2 cm³/mol. The molecule has 0 spiro atoms. The van der Waals surface area contributed by atoms with E-state index >= 15 is 0 Å². The Bertz CT molecular complexity index is 159. The first kappa shape index (κ1) is 9.68. The molecule has 1 fully saturated rings. The quantitative estimate of drug-likeness (QED) is 0.623. The van der Waals surface area contributed by atoms with E-state index in [1.54, 1.807) is 14.0 Å². The molecule has 0 bridgehead atoms. The Morgan fingerprint density at radius 1 is 1.67 bits per heavy atom. The molecule has 0 aromatic heterocycles. The summed E-state index contributed by atoms with van der Waals surface area (Å²) in [5.74, 6) is 0.248. The minimum atomic E-state index is 0.248. The average Bonchev–Trinajstić information content (AvgIpc) is 2.37. The molecule has 1 atom stereocenters. The van der Waals surface area contributed by atoms with Crippen LogP contribution in [0.1, 0.15) is 19.8 Å². The molecule has 12 heavy (non-hydrogen) atoms. The Kier molecular flexibility index (Phi) is 3.69. The Balaban J connectivity index is 2.35. The number of rotatable bonds is 4. The fourth-order valence-corrected chi connectivity index (χ4v) is 1.77. The summed E-state index contributed by atoms with van der Waals surface area (Å²) in [6.45, 7) is 4.04. The summed E-state index contributed by atoms with van der Waals surface area (Å²) in [6, 6.07) is 0.471. The zero-order valence-corrected chi connectivity index (χ0v) is 7.88. The number of methoxy groups -OCH3 is 1. The van der Waals surface area contributed by atoms with Crippen LogP contribution in [0.2, 0.25) is 0 Å². The van der Waals surface area contributed by atoms with E-state index in [9.17, 15) is 4.79 Å². The minimum Gasteiger partial charge on any atom is -0.383 e. The zero-order chi connectivity index (χ0) is 8.97. The molecule has 70 valence electrons. The van der Waals surface area contributed by atoms with Crippen LogP contribution in [0.5, 0.6) is 0 Å². The largest absolute Gasteiger partial charge is 0.383 e. The molecule has 3 heteroatoms. The van der Waals surface area contributed by atoms with Crippen LogP contribution in [-0.4, -0.2) is 43.5 Å². The number of carbonyl (C=O) groups excluding carboxylic acids is 1. The van der Waals surface area contributed by atoms with E-state index in [0.29, 0.717) is 12.6 Å². The van der Waals surface area contributed by atoms with Gasteiger partial charge >= 0.3 is 0 Å². The number of ketones is 1. The first-order valence-corrected chi connectivity index (χ1v) is 4.46. The van der Waals surface area contributed by atoms with Gasteiger partial charge in [-0.05, 0) is 26.3 Å². The minimum absolute atomic E-state index is 0.248. The summed E-state index contributed by atoms with van der Waals surface area (Å²) < 4.78 is 5.08. The van der Waals surface area contributed by atoms with Gasteiger partial charge in [0.05, 0.1) is 13.2 Å². The normalized spacial score (nSPS) is 24.7. The van der Waals surface area contributed by atoms with Crippen molar-refractivity contribution >= 4 is 5.78 Å². The molecule has 1 heterocycles. The van der Waals surface area contributed by atoms with E-state index in [1.165, 1.54) is 12.8 Å². The number of nitrogens with zero attached hydrogens (tertiary/aromatic N) is 1. The maximum Gasteiger partial charge on any atom is 0.143 e. The highest BCUT2D eigenvalue weighted by molar-refractivity contribution is 5.77. The first-order chi connectivity index (χ1) is 5.74. The molecule has 1 aliphatic heterocycles. The molecule has 0 unspecified atom stereocenters. The third kappa shape index (κ3) is 2.57. The van der Waals surface area contributed by atoms with Gasteiger partial charge in [-0.15, -0.1) is 0 Å². The summed E-state index contributed by atoms with van der Waals surface area (Å²) in [5.41, 5.74) is 0. The molecular formula is C9H17NO2. The molecule has 1 rings (SSSR count). The fourth-order valence-electron chi connectivity index (χ4n) is 1.77. The third-order valence-corrected chi connectivity index (χ3v) is 2.28. The number of likely N-dealkylation sites (tertiary alicyclic amines) is 1. The van der Waals surface area contributed by atoms with Crippen LogP contribution in [0.25, 0.3) is 0 Å². The Morgan fingerprint density at radius 2 is 2.42 bits per heavy atom. The van der Waals surface area contributed by atoms with Crippen molar-refractivity contribution in [2.75, 3.05) is 26.8 Å². The number of hydrogen-bond donors (Lipinski definition) is 0. The average molecular weight is 171 g/mol. The molecule has 0 amide bonds. The monoisotopic (exact) mass is 171 g/mol. The summed E-state index contributed by atoms with van der Waals surface area (Å²) in [4.78, 5) is 13.1. The van der Waals surface area contributed by atoms with Crippen LogP contribution >= 0.6 is 0 Å². The lowest BCUT2D eigenvalue weighted by molar-refractivity contribution is -0.118. The van der Waals surface area contributed by atoms with Crippen molar-refractivity contribution in [2.24, 2.45) is 0 Å². The zero-order valence-electron chi connectivity index (χ0n) is 7.88. The molecular weight excluding hydrogens is 154 g/mol. The summed E-state index contributed by atoms with van der Waals surface area (Å²) in [7, 11) is 1.71. The smallest absolute Gasteiger partial charge is 0.143 e. The lowest BCUT2D eigenvalue weighted by atomic mass is 10.2. The van der Waals surface area contributed by atoms with Gasteiger partial charge in [0.1, 0.15) is 5.78 Å². The number of hydrogen-bond acceptors (Lipinski definition) is 3. The van der Waals surface area contributed by atoms with Gasteiger partial charge in [0.15, 0.2) is 0 Å². The molecule has 1 saturated heterocycles. The van der Waals surface area contributed by atoms with Crippen LogP contribution in [0.4, 0.5) is 0 Å². The summed E-state index contributed by atoms with van der Waals surface area (Å²) in [5, 5.41) is 0. The van der Waals surface area contributed by atoms with Crippen LogP contribution in [0.15, 0.2) is 0 Å². The Morgan fingerprint density at radius 3 is 3.00 bits per heavy atom. The molecule has 0 radical (unpaired) electrons. The topological polar surface area (TPSA) is 29.5 Å². The van der Waals surface area contributed by atoms with Crippen LogP contribution < -0.4 is 0 Å². The molecule has 0 aliphatic carbocycles. The fraction of sp³-hybridized carbons (Fsp3) is 0.889. The number of ether oxygens (including phenoxy) is 1. The standard InChI is InChI=1S/C9H17NO2/c1-8(11)6-10-5-3-4-9(10)7-12-2/h9H,3-7H2,1-2H3/t9-/m0/s1. The molecule has 3 nitrogen and oxygen atoms in total. The van der Waals surface area contributed by atoms with Gasteiger partial charge < -0.3 is 4.74 Å². The van der Waals surface area contributed by atoms with Gasteiger partial charge in [0.25, 0.3) is 0 Å². The predicted octanol–water partition coefficient (Wildman–Crippen LogP) is 0.686. The van der Waals surface area contributed by atoms with Gasteiger partial charge in [0, 0.05) is 13.2 Å². The molecule has 0 N–H and O–H groups in total. The van der Waals surface area contributed by atoms with Gasteiger partial charge in [0.2, 0.25) is 0 Å². The number of Topliss-reactive ketones (excluding diaryl/α,β-unsaturated/α-hetero) is 1. The van der Waals surface area contributed by atoms with E-state index in [0.717, 1.165) is 13.2 Å². The van der Waals surface area contributed by atoms with Crippen molar-refractivity contribution in [1.29, 1.82) is 0 Å². The third-order valence-electron chi connectivity index (χ3n) is 2.28. The first-order valence-electron chi connectivity index (χ1n) is 4.46. The molecule has 0 saturated carbocycles. The second-order valence-corrected chi connectivity index (χ2v) is 3.42. The number of carbonyl (C=O) groups is 1. The highest BCUT2D eigenvalue weighted by atomic mass is 16.5. The highest BCUT2D eigenvalue weighted by Gasteiger charge is 2.24. The van der Waals surface area contributed by atoms with Gasteiger partial charge in [-0.3, -0.25) is 9.69 Å². The molecule has 0 aromatic rings. The summed E-state index contributed by atoms with van der Waals surface area (Å²) in [6.07, 6.45) is 2.36. The van der Waals surface area contributed by atoms with Crippen molar-refractivity contribution < 1.29 is 9.53 Å².